The molecule has 0 aliphatic heterocycles. The quantitative estimate of drug-likeness (QED) is 0.270. The topological polar surface area (TPSA) is 175 Å². The van der Waals surface area contributed by atoms with Crippen molar-refractivity contribution in [2.75, 3.05) is 12.0 Å². The number of nitro groups is 2. The molecule has 35 heavy (non-hydrogen) atoms. The van der Waals surface area contributed by atoms with E-state index in [1.54, 1.807) is 31.2 Å². The summed E-state index contributed by atoms with van der Waals surface area (Å²) in [6.45, 7) is 2.05. The maximum Gasteiger partial charge on any atom is 0.338 e. The number of urea groups is 1. The second-order valence-corrected chi connectivity index (χ2v) is 7.78. The van der Waals surface area contributed by atoms with Crippen LogP contribution in [0.5, 0.6) is 5.75 Å². The monoisotopic (exact) mass is 487 g/mol. The maximum atomic E-state index is 12.2. The maximum absolute atomic E-state index is 12.2. The Labute approximate surface area is 200 Å². The van der Waals surface area contributed by atoms with Crippen molar-refractivity contribution in [1.82, 2.24) is 10.7 Å². The first-order chi connectivity index (χ1) is 16.8. The zero-order valence-corrected chi connectivity index (χ0v) is 18.9. The molecule has 0 unspecified atom stereocenters. The highest BCUT2D eigenvalue weighted by molar-refractivity contribution is 5.89. The molecule has 0 bridgehead atoms. The van der Waals surface area contributed by atoms with Crippen molar-refractivity contribution in [3.05, 3.63) is 68.3 Å². The van der Waals surface area contributed by atoms with Crippen molar-refractivity contribution in [1.29, 1.82) is 0 Å². The molecule has 1 fully saturated rings. The van der Waals surface area contributed by atoms with Crippen molar-refractivity contribution in [2.45, 2.75) is 44.8 Å². The lowest BCUT2D eigenvalue weighted by Gasteiger charge is -2.29. The van der Waals surface area contributed by atoms with Gasteiger partial charge in [0.2, 0.25) is 0 Å². The number of nitrogens with one attached hydrogen (secondary N) is 3. The molecule has 3 rings (SSSR count). The largest absolute Gasteiger partial charge is 0.490 e. The second kappa shape index (κ2) is 11.6. The van der Waals surface area contributed by atoms with Gasteiger partial charge in [0.05, 0.1) is 34.2 Å². The fourth-order valence-electron chi connectivity index (χ4n) is 3.64. The third-order valence-corrected chi connectivity index (χ3v) is 5.38. The Morgan fingerprint density at radius 3 is 2.29 bits per heavy atom. The van der Waals surface area contributed by atoms with Gasteiger partial charge in [-0.05, 0) is 62.9 Å². The van der Waals surface area contributed by atoms with Crippen LogP contribution in [0.25, 0.3) is 0 Å². The molecular weight excluding hydrogens is 462 g/mol. The second-order valence-electron chi connectivity index (χ2n) is 7.78. The summed E-state index contributed by atoms with van der Waals surface area (Å²) in [7, 11) is 0. The summed E-state index contributed by atoms with van der Waals surface area (Å²) >= 11 is 0. The highest BCUT2D eigenvalue weighted by Gasteiger charge is 2.24. The Morgan fingerprint density at radius 1 is 1.00 bits per heavy atom. The summed E-state index contributed by atoms with van der Waals surface area (Å²) < 4.78 is 10.9. The summed E-state index contributed by atoms with van der Waals surface area (Å²) in [4.78, 5) is 44.4. The molecule has 0 saturated heterocycles. The number of esters is 1. The summed E-state index contributed by atoms with van der Waals surface area (Å²) in [6, 6.07) is 9.08. The van der Waals surface area contributed by atoms with Crippen LogP contribution in [0.15, 0.2) is 42.5 Å². The van der Waals surface area contributed by atoms with Crippen LogP contribution >= 0.6 is 0 Å². The van der Waals surface area contributed by atoms with Crippen LogP contribution in [-0.2, 0) is 4.74 Å². The summed E-state index contributed by atoms with van der Waals surface area (Å²) in [6.07, 6.45) is 2.69. The Hall–Kier alpha value is -4.42. The van der Waals surface area contributed by atoms with Gasteiger partial charge in [0.25, 0.3) is 5.69 Å². The van der Waals surface area contributed by atoms with Gasteiger partial charge < -0.3 is 14.8 Å². The van der Waals surface area contributed by atoms with E-state index in [0.717, 1.165) is 18.2 Å². The average molecular weight is 487 g/mol. The van der Waals surface area contributed by atoms with Crippen LogP contribution < -0.4 is 20.9 Å². The van der Waals surface area contributed by atoms with Crippen molar-refractivity contribution in [3.63, 3.8) is 0 Å². The Kier molecular flexibility index (Phi) is 8.38. The molecule has 0 spiro atoms. The van der Waals surface area contributed by atoms with Crippen molar-refractivity contribution in [2.24, 2.45) is 0 Å². The summed E-state index contributed by atoms with van der Waals surface area (Å²) in [5.74, 6) is 0.252. The zero-order valence-electron chi connectivity index (χ0n) is 18.9. The molecule has 1 saturated carbocycles. The number of nitro benzene ring substituents is 2. The number of amides is 2. The van der Waals surface area contributed by atoms with Gasteiger partial charge in [0.1, 0.15) is 11.4 Å². The molecule has 2 amide bonds. The molecule has 2 aromatic rings. The van der Waals surface area contributed by atoms with Gasteiger partial charge in [-0.2, -0.15) is 0 Å². The number of hydrogen-bond acceptors (Lipinski definition) is 9. The molecule has 3 N–H and O–H groups in total. The third-order valence-electron chi connectivity index (χ3n) is 5.38. The van der Waals surface area contributed by atoms with Crippen LogP contribution in [0.4, 0.5) is 21.9 Å². The molecule has 0 radical (unpaired) electrons. The number of carbonyl (C=O) groups excluding carboxylic acids is 2. The number of ether oxygens (including phenoxy) is 2. The van der Waals surface area contributed by atoms with Crippen molar-refractivity contribution in [3.8, 4) is 5.75 Å². The lowest BCUT2D eigenvalue weighted by molar-refractivity contribution is -0.393. The molecular formula is C22H25N5O8. The number of hydrogen-bond donors (Lipinski definition) is 3. The molecule has 2 aromatic carbocycles. The van der Waals surface area contributed by atoms with E-state index in [4.69, 9.17) is 9.47 Å². The van der Waals surface area contributed by atoms with Crippen LogP contribution in [0.1, 0.15) is 43.0 Å². The van der Waals surface area contributed by atoms with Gasteiger partial charge in [-0.25, -0.2) is 9.59 Å². The molecule has 0 aromatic heterocycles. The van der Waals surface area contributed by atoms with Crippen molar-refractivity contribution >= 4 is 29.1 Å². The smallest absolute Gasteiger partial charge is 0.338 e. The number of hydrazine groups is 1. The van der Waals surface area contributed by atoms with Gasteiger partial charge in [-0.1, -0.05) is 0 Å². The first kappa shape index (κ1) is 25.2. The lowest BCUT2D eigenvalue weighted by Crippen LogP contribution is -2.46. The fraction of sp³-hybridized carbons (Fsp3) is 0.364. The third kappa shape index (κ3) is 7.03. The number of rotatable bonds is 9. The van der Waals surface area contributed by atoms with E-state index in [1.165, 1.54) is 0 Å². The van der Waals surface area contributed by atoms with Gasteiger partial charge in [-0.15, -0.1) is 0 Å². The van der Waals surface area contributed by atoms with Crippen LogP contribution in [0.2, 0.25) is 0 Å². The Bertz CT molecular complexity index is 1080. The van der Waals surface area contributed by atoms with Gasteiger partial charge in [0, 0.05) is 12.1 Å². The van der Waals surface area contributed by atoms with Crippen LogP contribution in [0, 0.1) is 20.2 Å². The molecule has 1 aliphatic rings. The standard InChI is InChI=1S/C22H25N5O8/c1-2-34-21(28)14-3-8-17(9-4-14)35-18-10-5-15(6-11-18)23-22(29)25-24-19-12-7-16(26(30)31)13-20(19)27(32)33/h3-4,7-9,12-13,15,18,24H,2,5-6,10-11H2,1H3,(H2,23,25,29). The Morgan fingerprint density at radius 2 is 1.69 bits per heavy atom. The van der Waals surface area contributed by atoms with Gasteiger partial charge in [-0.3, -0.25) is 31.1 Å². The van der Waals surface area contributed by atoms with E-state index in [2.05, 4.69) is 16.2 Å². The number of nitrogens with zero attached hydrogens (tertiary/aromatic N) is 2. The van der Waals surface area contributed by atoms with Gasteiger partial charge >= 0.3 is 17.7 Å². The first-order valence-corrected chi connectivity index (χ1v) is 11.0. The number of anilines is 1. The first-order valence-electron chi connectivity index (χ1n) is 11.0. The predicted octanol–water partition coefficient (Wildman–Crippen LogP) is 3.70. The minimum Gasteiger partial charge on any atom is -0.490 e. The minimum absolute atomic E-state index is 0.0366. The van der Waals surface area contributed by atoms with E-state index < -0.39 is 27.3 Å². The molecule has 0 heterocycles. The molecule has 0 atom stereocenters. The van der Waals surface area contributed by atoms with E-state index in [9.17, 15) is 29.8 Å². The molecule has 13 heteroatoms. The summed E-state index contributed by atoms with van der Waals surface area (Å²) in [5.41, 5.74) is 4.15. The molecule has 1 aliphatic carbocycles. The predicted molar refractivity (Wildman–Crippen MR) is 124 cm³/mol. The Balaban J connectivity index is 1.44. The normalized spacial score (nSPS) is 17.1. The highest BCUT2D eigenvalue weighted by Crippen LogP contribution is 2.28. The molecule has 13 nitrogen and oxygen atoms in total. The number of carbonyl (C=O) groups is 2. The number of non-ortho nitro benzene ring substituents is 1. The highest BCUT2D eigenvalue weighted by atomic mass is 16.6. The average Bonchev–Trinajstić information content (AvgIpc) is 2.84. The van der Waals surface area contributed by atoms with E-state index in [1.807, 2.05) is 0 Å². The van der Waals surface area contributed by atoms with Crippen LogP contribution in [-0.4, -0.2) is 40.6 Å². The number of benzene rings is 2. The SMILES string of the molecule is CCOC(=O)c1ccc(OC2CCC(NC(=O)NNc3ccc([N+](=O)[O-])cc3[N+](=O)[O-])CC2)cc1. The van der Waals surface area contributed by atoms with E-state index in [0.29, 0.717) is 43.6 Å². The lowest BCUT2D eigenvalue weighted by atomic mass is 9.93. The van der Waals surface area contributed by atoms with Gasteiger partial charge in [0.15, 0.2) is 0 Å². The zero-order chi connectivity index (χ0) is 25.4. The molecule has 186 valence electrons. The summed E-state index contributed by atoms with van der Waals surface area (Å²) in [5, 5.41) is 24.8. The van der Waals surface area contributed by atoms with Crippen LogP contribution in [0.3, 0.4) is 0 Å². The van der Waals surface area contributed by atoms with Crippen molar-refractivity contribution < 1.29 is 28.9 Å². The fourth-order valence-corrected chi connectivity index (χ4v) is 3.64. The minimum atomic E-state index is -0.777. The van der Waals surface area contributed by atoms with E-state index >= 15 is 0 Å². The van der Waals surface area contributed by atoms with E-state index in [-0.39, 0.29) is 23.8 Å².